The number of nitrogens with two attached hydrogens (primary N) is 1. The van der Waals surface area contributed by atoms with E-state index >= 15 is 0 Å². The number of epoxide rings is 1. The number of carboxylic acids is 1. The third kappa shape index (κ3) is 19.3. The Morgan fingerprint density at radius 2 is 2.07 bits per heavy atom. The van der Waals surface area contributed by atoms with Gasteiger partial charge in [0.15, 0.2) is 0 Å². The molecule has 1 unspecified atom stereocenters. The van der Waals surface area contributed by atoms with Gasteiger partial charge in [0, 0.05) is 6.08 Å². The maximum Gasteiger partial charge on any atom is 0.327 e. The highest BCUT2D eigenvalue weighted by atomic mass is 16.6. The van der Waals surface area contributed by atoms with E-state index in [0.717, 1.165) is 19.3 Å². The summed E-state index contributed by atoms with van der Waals surface area (Å²) in [5.74, 6) is 2.52. The number of hydrogen-bond donors (Lipinski definition) is 3. The molecule has 0 radical (unpaired) electrons. The van der Waals surface area contributed by atoms with Crippen molar-refractivity contribution in [3.8, 4) is 0 Å². The van der Waals surface area contributed by atoms with Gasteiger partial charge in [0.25, 0.3) is 0 Å². The first kappa shape index (κ1) is 16.2. The van der Waals surface area contributed by atoms with E-state index in [-0.39, 0.29) is 0 Å². The molecule has 0 aromatic rings. The van der Waals surface area contributed by atoms with Gasteiger partial charge in [-0.3, -0.25) is 0 Å². The summed E-state index contributed by atoms with van der Waals surface area (Å²) in [6.45, 7) is 8.71. The van der Waals surface area contributed by atoms with Gasteiger partial charge in [-0.25, -0.2) is 10.7 Å². The molecule has 1 aliphatic heterocycles. The zero-order chi connectivity index (χ0) is 12.1. The monoisotopic (exact) mass is 219 g/mol. The van der Waals surface area contributed by atoms with Gasteiger partial charge in [-0.2, -0.15) is 0 Å². The first-order chi connectivity index (χ1) is 7.20. The Hall–Kier alpha value is -1.21. The molecule has 1 rings (SSSR count). The molecular weight excluding hydrogens is 202 g/mol. The van der Waals surface area contributed by atoms with Crippen LogP contribution in [-0.2, 0) is 14.3 Å². The van der Waals surface area contributed by atoms with Crippen LogP contribution < -0.4 is 5.90 Å². The summed E-state index contributed by atoms with van der Waals surface area (Å²) in [5, 5.41) is 14.1. The molecule has 1 fully saturated rings. The maximum absolute atomic E-state index is 9.25. The van der Waals surface area contributed by atoms with Crippen LogP contribution in [0.2, 0.25) is 0 Å². The van der Waals surface area contributed by atoms with Gasteiger partial charge in [0.1, 0.15) is 6.10 Å². The second-order valence-electron chi connectivity index (χ2n) is 2.32. The largest absolute Gasteiger partial charge is 0.478 e. The molecule has 6 nitrogen and oxygen atoms in total. The van der Waals surface area contributed by atoms with Gasteiger partial charge >= 0.3 is 5.97 Å². The number of ether oxygens (including phenoxy) is 2. The molecule has 0 aromatic carbocycles. The molecular formula is C9H17NO5. The highest BCUT2D eigenvalue weighted by Crippen LogP contribution is 2.07. The minimum atomic E-state index is -0.981. The molecule has 0 bridgehead atoms. The lowest BCUT2D eigenvalue weighted by Crippen LogP contribution is -2.00. The Labute approximate surface area is 88.6 Å². The van der Waals surface area contributed by atoms with Crippen LogP contribution in [0.15, 0.2) is 25.3 Å². The second-order valence-corrected chi connectivity index (χ2v) is 2.32. The molecule has 6 heteroatoms. The minimum Gasteiger partial charge on any atom is -0.478 e. The van der Waals surface area contributed by atoms with E-state index < -0.39 is 5.97 Å². The smallest absolute Gasteiger partial charge is 0.327 e. The molecule has 0 saturated carbocycles. The normalized spacial score (nSPS) is 16.0. The van der Waals surface area contributed by atoms with Gasteiger partial charge in [-0.1, -0.05) is 12.7 Å². The summed E-state index contributed by atoms with van der Waals surface area (Å²) >= 11 is 0. The van der Waals surface area contributed by atoms with Crippen LogP contribution in [0.3, 0.4) is 0 Å². The average molecular weight is 219 g/mol. The molecule has 1 saturated heterocycles. The average Bonchev–Trinajstić information content (AvgIpc) is 3.06. The highest BCUT2D eigenvalue weighted by Gasteiger charge is 2.21. The lowest BCUT2D eigenvalue weighted by molar-refractivity contribution is -0.131. The predicted molar refractivity (Wildman–Crippen MR) is 54.6 cm³/mol. The first-order valence-corrected chi connectivity index (χ1v) is 4.12. The number of carbonyl (C=O) groups is 1. The van der Waals surface area contributed by atoms with Gasteiger partial charge in [-0.15, -0.1) is 6.58 Å². The molecule has 1 aliphatic rings. The number of aliphatic carboxylic acids is 1. The molecule has 0 aromatic heterocycles. The van der Waals surface area contributed by atoms with Crippen molar-refractivity contribution in [3.63, 3.8) is 0 Å². The summed E-state index contributed by atoms with van der Waals surface area (Å²) in [6.07, 6.45) is 2.96. The number of carboxylic acid groups (broad SMARTS) is 1. The lowest BCUT2D eigenvalue weighted by Gasteiger charge is -1.92. The summed E-state index contributed by atoms with van der Waals surface area (Å²) in [7, 11) is 0. The Morgan fingerprint density at radius 3 is 2.33 bits per heavy atom. The van der Waals surface area contributed by atoms with Crippen molar-refractivity contribution in [2.24, 2.45) is 5.90 Å². The van der Waals surface area contributed by atoms with Crippen LogP contribution in [0.5, 0.6) is 0 Å². The molecule has 4 N–H and O–H groups in total. The van der Waals surface area contributed by atoms with Crippen molar-refractivity contribution in [1.29, 1.82) is 0 Å². The fourth-order valence-electron chi connectivity index (χ4n) is 0.447. The van der Waals surface area contributed by atoms with Crippen LogP contribution in [-0.4, -0.2) is 42.2 Å². The fourth-order valence-corrected chi connectivity index (χ4v) is 0.447. The summed E-state index contributed by atoms with van der Waals surface area (Å²) in [6, 6.07) is 0. The van der Waals surface area contributed by atoms with Crippen molar-refractivity contribution in [2.45, 2.75) is 6.10 Å². The summed E-state index contributed by atoms with van der Waals surface area (Å²) < 4.78 is 9.96. The highest BCUT2D eigenvalue weighted by molar-refractivity contribution is 5.78. The first-order valence-electron chi connectivity index (χ1n) is 4.12. The molecule has 0 amide bonds. The van der Waals surface area contributed by atoms with Crippen molar-refractivity contribution >= 4 is 5.97 Å². The van der Waals surface area contributed by atoms with E-state index in [1.165, 1.54) is 0 Å². The zero-order valence-corrected chi connectivity index (χ0v) is 8.46. The van der Waals surface area contributed by atoms with Gasteiger partial charge in [0.05, 0.1) is 19.8 Å². The standard InChI is InChI=1S/C6H10O2.C3H4O2.H3NO/c1-2-3-7-4-6-5-8-6;1-2-3(4)5;1-2/h2,6H,1,3-5H2;2H,1H2,(H,4,5);2H,1H2. The van der Waals surface area contributed by atoms with Gasteiger partial charge < -0.3 is 19.8 Å². The zero-order valence-electron chi connectivity index (χ0n) is 8.46. The molecule has 0 spiro atoms. The van der Waals surface area contributed by atoms with E-state index in [0.29, 0.717) is 12.7 Å². The van der Waals surface area contributed by atoms with Crippen LogP contribution in [0.25, 0.3) is 0 Å². The molecule has 1 atom stereocenters. The number of rotatable bonds is 5. The van der Waals surface area contributed by atoms with E-state index in [2.05, 4.69) is 19.1 Å². The Balaban J connectivity index is 0. The van der Waals surface area contributed by atoms with Crippen LogP contribution >= 0.6 is 0 Å². The molecule has 1 heterocycles. The fraction of sp³-hybridized carbons (Fsp3) is 0.444. The van der Waals surface area contributed by atoms with Gasteiger partial charge in [-0.05, 0) is 0 Å². The van der Waals surface area contributed by atoms with Crippen molar-refractivity contribution < 1.29 is 24.6 Å². The van der Waals surface area contributed by atoms with E-state index in [9.17, 15) is 4.79 Å². The molecule has 0 aliphatic carbocycles. The molecule has 15 heavy (non-hydrogen) atoms. The maximum atomic E-state index is 9.25. The summed E-state index contributed by atoms with van der Waals surface area (Å²) in [5.41, 5.74) is 0. The minimum absolute atomic E-state index is 0.384. The third-order valence-electron chi connectivity index (χ3n) is 1.12. The Kier molecular flexibility index (Phi) is 13.8. The van der Waals surface area contributed by atoms with Crippen molar-refractivity contribution in [2.75, 3.05) is 19.8 Å². The molecule has 88 valence electrons. The predicted octanol–water partition coefficient (Wildman–Crippen LogP) is 0.179. The second kappa shape index (κ2) is 12.8. The van der Waals surface area contributed by atoms with Gasteiger partial charge in [0.2, 0.25) is 0 Å². The van der Waals surface area contributed by atoms with E-state index in [4.69, 9.17) is 19.8 Å². The lowest BCUT2D eigenvalue weighted by atomic mass is 10.5. The van der Waals surface area contributed by atoms with E-state index in [1.807, 2.05) is 0 Å². The Bertz CT molecular complexity index is 179. The van der Waals surface area contributed by atoms with Crippen molar-refractivity contribution in [1.82, 2.24) is 0 Å². The third-order valence-corrected chi connectivity index (χ3v) is 1.12. The van der Waals surface area contributed by atoms with Crippen LogP contribution in [0.1, 0.15) is 0 Å². The van der Waals surface area contributed by atoms with Crippen LogP contribution in [0.4, 0.5) is 0 Å². The summed E-state index contributed by atoms with van der Waals surface area (Å²) in [4.78, 5) is 9.25. The quantitative estimate of drug-likeness (QED) is 0.200. The Morgan fingerprint density at radius 1 is 1.60 bits per heavy atom. The van der Waals surface area contributed by atoms with Crippen LogP contribution in [0, 0.1) is 0 Å². The van der Waals surface area contributed by atoms with Crippen molar-refractivity contribution in [3.05, 3.63) is 25.3 Å². The number of hydrogen-bond acceptors (Lipinski definition) is 5. The topological polar surface area (TPSA) is 105 Å². The van der Waals surface area contributed by atoms with E-state index in [1.54, 1.807) is 6.08 Å². The SMILES string of the molecule is C=CC(=O)O.C=CCOCC1CO1.NO.